The molecule has 2 aromatic carbocycles. The molecular weight excluding hydrogens is 838 g/mol. The predicted octanol–water partition coefficient (Wildman–Crippen LogP) is 0.141. The topological polar surface area (TPSA) is 143 Å². The minimum Gasteiger partial charge on any atom is -0.873 e. The molecule has 4 aliphatic rings. The summed E-state index contributed by atoms with van der Waals surface area (Å²) in [4.78, 5) is 25.4. The van der Waals surface area contributed by atoms with E-state index in [4.69, 9.17) is 14.6 Å². The van der Waals surface area contributed by atoms with Crippen molar-refractivity contribution in [2.24, 2.45) is 11.8 Å². The largest absolute Gasteiger partial charge is 1.00 e. The minimum atomic E-state index is -0.745. The van der Waals surface area contributed by atoms with Crippen LogP contribution in [-0.2, 0) is 9.59 Å². The molecule has 2 amide bonds. The number of rotatable bonds is 4. The molecule has 6 rings (SSSR count). The van der Waals surface area contributed by atoms with Gasteiger partial charge in [0.2, 0.25) is 0 Å². The van der Waals surface area contributed by atoms with Crippen LogP contribution in [0.25, 0.3) is 11.1 Å². The number of amides is 2. The normalized spacial score (nSPS) is 23.8. The molecule has 0 bridgehead atoms. The molecule has 3 N–H and O–H groups in total. The predicted molar refractivity (Wildman–Crippen MR) is 206 cm³/mol. The summed E-state index contributed by atoms with van der Waals surface area (Å²) in [5, 5.41) is 38.5. The number of hydrogen-bond donors (Lipinski definition) is 3. The van der Waals surface area contributed by atoms with Crippen LogP contribution < -0.4 is 89.4 Å². The number of halogens is 2. The van der Waals surface area contributed by atoms with E-state index in [1.165, 1.54) is 7.11 Å². The Hall–Kier alpha value is -1.90. The third-order valence-corrected chi connectivity index (χ3v) is 11.6. The van der Waals surface area contributed by atoms with Crippen LogP contribution in [0.15, 0.2) is 44.7 Å². The number of ether oxygens (including phenoxy) is 2. The number of aliphatic hydroxyl groups is 1. The van der Waals surface area contributed by atoms with Crippen LogP contribution in [0, 0.1) is 35.5 Å². The fourth-order valence-corrected chi connectivity index (χ4v) is 8.73. The molecule has 2 heterocycles. The Labute approximate surface area is 380 Å². The van der Waals surface area contributed by atoms with Gasteiger partial charge in [-0.3, -0.25) is 9.59 Å². The summed E-state index contributed by atoms with van der Waals surface area (Å²) in [7, 11) is 3.83. The Bertz CT molecular complexity index is 1770. The zero-order valence-corrected chi connectivity index (χ0v) is 39.9. The first-order valence-electron chi connectivity index (χ1n) is 17.4. The van der Waals surface area contributed by atoms with Gasteiger partial charge in [0.15, 0.2) is 0 Å². The molecule has 278 valence electrons. The average molecular weight is 885 g/mol. The number of aliphatic hydroxyl groups excluding tert-OH is 1. The van der Waals surface area contributed by atoms with Crippen molar-refractivity contribution in [2.45, 2.75) is 90.1 Å². The fourth-order valence-electron chi connectivity index (χ4n) is 7.45. The van der Waals surface area contributed by atoms with Crippen molar-refractivity contribution in [1.29, 1.82) is 0 Å². The molecule has 0 radical (unpaired) electrons. The van der Waals surface area contributed by atoms with Crippen molar-refractivity contribution < 1.29 is 93.5 Å². The maximum atomic E-state index is 13.2. The van der Waals surface area contributed by atoms with Crippen LogP contribution in [0.4, 0.5) is 0 Å². The molecule has 2 aliphatic carbocycles. The summed E-state index contributed by atoms with van der Waals surface area (Å²) in [6, 6.07) is 7.21. The second-order valence-corrected chi connectivity index (χ2v) is 15.4. The van der Waals surface area contributed by atoms with Crippen molar-refractivity contribution in [2.75, 3.05) is 21.3 Å². The summed E-state index contributed by atoms with van der Waals surface area (Å²) in [5.74, 6) is 13.3. The first kappa shape index (κ1) is 48.2. The maximum absolute atomic E-state index is 13.2. The molecule has 0 unspecified atom stereocenters. The van der Waals surface area contributed by atoms with E-state index in [0.717, 1.165) is 56.8 Å². The number of methoxy groups -OCH3 is 2. The number of carbonyl (C=O) groups is 2. The van der Waals surface area contributed by atoms with Crippen LogP contribution in [-0.4, -0.2) is 49.3 Å². The number of carbonyl (C=O) groups excluding carboxylic acids is 2. The Morgan fingerprint density at radius 1 is 0.722 bits per heavy atom. The van der Waals surface area contributed by atoms with Gasteiger partial charge in [0.25, 0.3) is 11.8 Å². The molecule has 13 heteroatoms. The number of benzene rings is 2. The van der Waals surface area contributed by atoms with Crippen molar-refractivity contribution in [3.63, 3.8) is 0 Å². The first-order chi connectivity index (χ1) is 24.8. The van der Waals surface area contributed by atoms with Gasteiger partial charge in [-0.05, 0) is 133 Å². The van der Waals surface area contributed by atoms with Crippen molar-refractivity contribution in [1.82, 2.24) is 10.6 Å². The number of nitrogens with one attached hydrogen (secondary N) is 2. The second kappa shape index (κ2) is 21.0. The van der Waals surface area contributed by atoms with E-state index in [1.807, 2.05) is 12.1 Å². The van der Waals surface area contributed by atoms with E-state index in [1.54, 1.807) is 33.1 Å². The number of hydrogen-bond acceptors (Lipinski definition) is 7. The van der Waals surface area contributed by atoms with Gasteiger partial charge >= 0.3 is 59.1 Å². The maximum Gasteiger partial charge on any atom is 1.00 e. The van der Waals surface area contributed by atoms with E-state index in [9.17, 15) is 19.8 Å². The Balaban J connectivity index is 0.000000345. The van der Waals surface area contributed by atoms with E-state index < -0.39 is 11.1 Å². The zero-order chi connectivity index (χ0) is 38.4. The van der Waals surface area contributed by atoms with Gasteiger partial charge in [0.1, 0.15) is 17.3 Å². The third kappa shape index (κ3) is 9.96. The summed E-state index contributed by atoms with van der Waals surface area (Å²) in [6.07, 6.45) is 6.78. The summed E-state index contributed by atoms with van der Waals surface area (Å²) >= 11 is 7.02. The van der Waals surface area contributed by atoms with Crippen LogP contribution in [0.2, 0.25) is 0 Å². The van der Waals surface area contributed by atoms with Gasteiger partial charge in [-0.15, -0.1) is 11.8 Å². The van der Waals surface area contributed by atoms with Crippen LogP contribution in [0.5, 0.6) is 11.5 Å². The monoisotopic (exact) mass is 882 g/mol. The summed E-state index contributed by atoms with van der Waals surface area (Å²) < 4.78 is 12.3. The molecule has 9 nitrogen and oxygen atoms in total. The van der Waals surface area contributed by atoms with Crippen molar-refractivity contribution in [3.05, 3.63) is 67.0 Å². The molecule has 0 atom stereocenters. The molecule has 2 aliphatic heterocycles. The van der Waals surface area contributed by atoms with Crippen LogP contribution in [0.3, 0.4) is 0 Å². The summed E-state index contributed by atoms with van der Waals surface area (Å²) in [5.41, 5.74) is 1.76. The minimum absolute atomic E-state index is 0. The van der Waals surface area contributed by atoms with Crippen LogP contribution in [0.1, 0.15) is 101 Å². The van der Waals surface area contributed by atoms with Gasteiger partial charge in [-0.2, -0.15) is 7.11 Å². The summed E-state index contributed by atoms with van der Waals surface area (Å²) in [6.45, 7) is 7.91. The standard InChI is InChI=1S/2C20H22BrNO3.CH3O.2Na/c2*1-4-5-13-10-14(21)16(15(11-13)25-3)17-18(23)20(22-19(17)24)8-6-12(2)7-9-20;1-2;;/h2*10-12,23H,6-9H2,1-3H3,(H,22,24);1H3;;/q;;-1;2*+1/p-1. The Kier molecular flexibility index (Phi) is 18.8. The average Bonchev–Trinajstić information content (AvgIpc) is 3.50. The van der Waals surface area contributed by atoms with Gasteiger partial charge in [0, 0.05) is 36.8 Å². The fraction of sp³-hybridized carbons (Fsp3) is 0.463. The molecule has 0 aromatic heterocycles. The van der Waals surface area contributed by atoms with Gasteiger partial charge in [0.05, 0.1) is 30.9 Å². The Morgan fingerprint density at radius 2 is 1.09 bits per heavy atom. The van der Waals surface area contributed by atoms with E-state index in [0.29, 0.717) is 61.8 Å². The Morgan fingerprint density at radius 3 is 1.50 bits per heavy atom. The second-order valence-electron chi connectivity index (χ2n) is 13.7. The van der Waals surface area contributed by atoms with Gasteiger partial charge in [-0.1, -0.05) is 31.4 Å². The SMILES string of the molecule is CC#Cc1cc(Br)c(C2=C(O)C3(CCC(C)CC3)NC2=O)c(OC)c1.CC#Cc1cc(Br)c(C2=C([O-])C3(CCC(C)CC3)NC2=O)c(OC)c1.C[O-].[Na+].[Na+]. The third-order valence-electron chi connectivity index (χ3n) is 10.4. The molecule has 2 saturated carbocycles. The smallest absolute Gasteiger partial charge is 0.873 e. The molecule has 2 aromatic rings. The zero-order valence-electron chi connectivity index (χ0n) is 32.8. The van der Waals surface area contributed by atoms with Crippen molar-refractivity contribution in [3.8, 4) is 35.2 Å². The van der Waals surface area contributed by atoms with E-state index in [-0.39, 0.29) is 88.0 Å². The van der Waals surface area contributed by atoms with Gasteiger partial charge < -0.3 is 35.4 Å². The van der Waals surface area contributed by atoms with E-state index >= 15 is 0 Å². The van der Waals surface area contributed by atoms with Gasteiger partial charge in [-0.25, -0.2) is 0 Å². The molecule has 2 fully saturated rings. The molecule has 2 spiro atoms. The van der Waals surface area contributed by atoms with Crippen molar-refractivity contribution >= 4 is 54.8 Å². The molecular formula is C41H46Br2N2Na2O7. The quantitative estimate of drug-likeness (QED) is 0.293. The van der Waals surface area contributed by atoms with E-state index in [2.05, 4.69) is 80.0 Å². The first-order valence-corrected chi connectivity index (χ1v) is 18.9. The van der Waals surface area contributed by atoms with Crippen LogP contribution >= 0.6 is 31.9 Å². The molecule has 0 saturated heterocycles. The molecule has 54 heavy (non-hydrogen) atoms.